The zero-order valence-corrected chi connectivity index (χ0v) is 11.0. The maximum atomic E-state index is 11.8. The zero-order chi connectivity index (χ0) is 13.8. The van der Waals surface area contributed by atoms with E-state index in [2.05, 4.69) is 15.4 Å². The number of nitrogen functional groups attached to an aromatic ring is 1. The van der Waals surface area contributed by atoms with Gasteiger partial charge in [0.2, 0.25) is 15.9 Å². The van der Waals surface area contributed by atoms with Gasteiger partial charge in [-0.25, -0.2) is 13.1 Å². The molecule has 0 unspecified atom stereocenters. The first-order valence-corrected chi connectivity index (χ1v) is 6.66. The number of sulfonamides is 1. The highest BCUT2D eigenvalue weighted by Crippen LogP contribution is 2.23. The van der Waals surface area contributed by atoms with Crippen molar-refractivity contribution in [3.63, 3.8) is 0 Å². The van der Waals surface area contributed by atoms with Gasteiger partial charge in [0, 0.05) is 12.7 Å². The molecule has 0 bridgehead atoms. The fourth-order valence-corrected chi connectivity index (χ4v) is 2.22. The Kier molecular flexibility index (Phi) is 4.51. The maximum Gasteiger partial charge on any atom is 0.242 e. The van der Waals surface area contributed by atoms with Gasteiger partial charge in [-0.05, 0) is 25.2 Å². The van der Waals surface area contributed by atoms with E-state index < -0.39 is 10.0 Å². The Morgan fingerprint density at radius 2 is 2.00 bits per heavy atom. The van der Waals surface area contributed by atoms with Crippen LogP contribution in [0, 0.1) is 0 Å². The van der Waals surface area contributed by atoms with E-state index in [1.807, 2.05) is 0 Å². The smallest absolute Gasteiger partial charge is 0.242 e. The van der Waals surface area contributed by atoms with Crippen molar-refractivity contribution in [1.29, 1.82) is 0 Å². The van der Waals surface area contributed by atoms with Crippen LogP contribution >= 0.6 is 0 Å². The number of rotatable bonds is 5. The van der Waals surface area contributed by atoms with Gasteiger partial charge in [-0.2, -0.15) is 0 Å². The molecule has 0 saturated heterocycles. The number of carbonyl (C=O) groups is 1. The summed E-state index contributed by atoms with van der Waals surface area (Å²) in [6.07, 6.45) is 0. The summed E-state index contributed by atoms with van der Waals surface area (Å²) >= 11 is 0. The first-order chi connectivity index (χ1) is 8.40. The summed E-state index contributed by atoms with van der Waals surface area (Å²) in [7, 11) is -0.825. The second kappa shape index (κ2) is 5.69. The third kappa shape index (κ3) is 3.34. The molecule has 7 nitrogen and oxygen atoms in total. The number of benzene rings is 1. The van der Waals surface area contributed by atoms with E-state index in [1.165, 1.54) is 26.2 Å². The summed E-state index contributed by atoms with van der Waals surface area (Å²) in [6, 6.07) is 4.40. The third-order valence-corrected chi connectivity index (χ3v) is 3.74. The number of anilines is 2. The minimum atomic E-state index is -3.63. The molecular formula is C10H16N4O3S. The highest BCUT2D eigenvalue weighted by atomic mass is 32.2. The van der Waals surface area contributed by atoms with Gasteiger partial charge >= 0.3 is 0 Å². The molecule has 100 valence electrons. The molecule has 1 aromatic rings. The van der Waals surface area contributed by atoms with Crippen molar-refractivity contribution in [2.24, 2.45) is 0 Å². The fraction of sp³-hybridized carbons (Fsp3) is 0.300. The molecular weight excluding hydrogens is 256 g/mol. The van der Waals surface area contributed by atoms with Crippen molar-refractivity contribution in [2.45, 2.75) is 4.90 Å². The second-order valence-electron chi connectivity index (χ2n) is 3.49. The standard InChI is InChI=1S/C10H16N4O3S/c1-12-10(15)6-14-8-4-3-7(11)5-9(8)18(16,17)13-2/h3-5,13-14H,6,11H2,1-2H3,(H,12,15). The third-order valence-electron chi connectivity index (χ3n) is 2.28. The lowest BCUT2D eigenvalue weighted by molar-refractivity contribution is -0.118. The molecule has 0 fully saturated rings. The Balaban J connectivity index is 3.08. The Morgan fingerprint density at radius 3 is 2.56 bits per heavy atom. The molecule has 0 spiro atoms. The Bertz CT molecular complexity index is 542. The lowest BCUT2D eigenvalue weighted by Crippen LogP contribution is -2.27. The van der Waals surface area contributed by atoms with Gasteiger partial charge in [0.15, 0.2) is 0 Å². The van der Waals surface area contributed by atoms with Gasteiger partial charge in [-0.1, -0.05) is 0 Å². The number of likely N-dealkylation sites (N-methyl/N-ethyl adjacent to an activating group) is 1. The predicted octanol–water partition coefficient (Wildman–Crippen LogP) is -0.665. The Labute approximate surface area is 106 Å². The number of hydrogen-bond donors (Lipinski definition) is 4. The van der Waals surface area contributed by atoms with Crippen LogP contribution in [0.4, 0.5) is 11.4 Å². The fourth-order valence-electron chi connectivity index (χ4n) is 1.28. The second-order valence-corrected chi connectivity index (χ2v) is 5.34. The average Bonchev–Trinajstić information content (AvgIpc) is 2.36. The van der Waals surface area contributed by atoms with Crippen molar-refractivity contribution < 1.29 is 13.2 Å². The van der Waals surface area contributed by atoms with E-state index in [0.717, 1.165) is 0 Å². The Morgan fingerprint density at radius 1 is 1.33 bits per heavy atom. The van der Waals surface area contributed by atoms with Crippen LogP contribution in [0.2, 0.25) is 0 Å². The van der Waals surface area contributed by atoms with E-state index in [4.69, 9.17) is 5.73 Å². The quantitative estimate of drug-likeness (QED) is 0.531. The molecule has 0 atom stereocenters. The lowest BCUT2D eigenvalue weighted by atomic mass is 10.3. The Hall–Kier alpha value is -1.80. The van der Waals surface area contributed by atoms with Gasteiger partial charge in [0.05, 0.1) is 12.2 Å². The van der Waals surface area contributed by atoms with E-state index in [9.17, 15) is 13.2 Å². The van der Waals surface area contributed by atoms with Crippen molar-refractivity contribution in [3.05, 3.63) is 18.2 Å². The SMILES string of the molecule is CNC(=O)CNc1ccc(N)cc1S(=O)(=O)NC. The molecule has 0 aliphatic rings. The van der Waals surface area contributed by atoms with Crippen LogP contribution in [0.5, 0.6) is 0 Å². The van der Waals surface area contributed by atoms with E-state index >= 15 is 0 Å². The van der Waals surface area contributed by atoms with Crippen molar-refractivity contribution in [1.82, 2.24) is 10.0 Å². The zero-order valence-electron chi connectivity index (χ0n) is 10.1. The van der Waals surface area contributed by atoms with Gasteiger partial charge in [0.1, 0.15) is 4.90 Å². The largest absolute Gasteiger partial charge is 0.399 e. The number of hydrogen-bond acceptors (Lipinski definition) is 5. The van der Waals surface area contributed by atoms with Gasteiger partial charge < -0.3 is 16.4 Å². The number of nitrogens with one attached hydrogen (secondary N) is 3. The molecule has 8 heteroatoms. The molecule has 1 rings (SSSR count). The molecule has 0 aliphatic heterocycles. The summed E-state index contributed by atoms with van der Waals surface area (Å²) in [5.41, 5.74) is 6.21. The molecule has 0 saturated carbocycles. The summed E-state index contributed by atoms with van der Waals surface area (Å²) in [5.74, 6) is -0.250. The molecule has 0 heterocycles. The molecule has 0 aliphatic carbocycles. The van der Waals surface area contributed by atoms with Crippen molar-refractivity contribution in [3.8, 4) is 0 Å². The summed E-state index contributed by atoms with van der Waals surface area (Å²) in [4.78, 5) is 11.1. The minimum absolute atomic E-state index is 0.00824. The van der Waals surface area contributed by atoms with Crippen LogP contribution < -0.4 is 21.1 Å². The summed E-state index contributed by atoms with van der Waals surface area (Å²) in [6.45, 7) is -0.0212. The minimum Gasteiger partial charge on any atom is -0.399 e. The number of carbonyl (C=O) groups excluding carboxylic acids is 1. The summed E-state index contributed by atoms with van der Waals surface area (Å²) in [5, 5.41) is 5.17. The molecule has 0 aromatic heterocycles. The molecule has 0 radical (unpaired) electrons. The highest BCUT2D eigenvalue weighted by molar-refractivity contribution is 7.89. The lowest BCUT2D eigenvalue weighted by Gasteiger charge is -2.12. The van der Waals surface area contributed by atoms with Crippen LogP contribution in [0.15, 0.2) is 23.1 Å². The predicted molar refractivity (Wildman–Crippen MR) is 69.7 cm³/mol. The van der Waals surface area contributed by atoms with Crippen LogP contribution in [0.25, 0.3) is 0 Å². The van der Waals surface area contributed by atoms with E-state index in [1.54, 1.807) is 6.07 Å². The average molecular weight is 272 g/mol. The van der Waals surface area contributed by atoms with Gasteiger partial charge in [-0.15, -0.1) is 0 Å². The molecule has 1 amide bonds. The monoisotopic (exact) mass is 272 g/mol. The molecule has 1 aromatic carbocycles. The van der Waals surface area contributed by atoms with Crippen LogP contribution in [0.1, 0.15) is 0 Å². The van der Waals surface area contributed by atoms with Crippen LogP contribution in [0.3, 0.4) is 0 Å². The number of nitrogens with two attached hydrogens (primary N) is 1. The van der Waals surface area contributed by atoms with Crippen LogP contribution in [-0.2, 0) is 14.8 Å². The van der Waals surface area contributed by atoms with Gasteiger partial charge in [0.25, 0.3) is 0 Å². The van der Waals surface area contributed by atoms with Crippen molar-refractivity contribution >= 4 is 27.3 Å². The van der Waals surface area contributed by atoms with Gasteiger partial charge in [-0.3, -0.25) is 4.79 Å². The van der Waals surface area contributed by atoms with E-state index in [0.29, 0.717) is 11.4 Å². The van der Waals surface area contributed by atoms with Crippen LogP contribution in [-0.4, -0.2) is 35.0 Å². The molecule has 18 heavy (non-hydrogen) atoms. The topological polar surface area (TPSA) is 113 Å². The highest BCUT2D eigenvalue weighted by Gasteiger charge is 2.17. The summed E-state index contributed by atoms with van der Waals surface area (Å²) < 4.78 is 25.8. The van der Waals surface area contributed by atoms with E-state index in [-0.39, 0.29) is 17.3 Å². The normalized spacial score (nSPS) is 11.0. The first kappa shape index (κ1) is 14.3. The maximum absolute atomic E-state index is 11.8. The first-order valence-electron chi connectivity index (χ1n) is 5.18. The van der Waals surface area contributed by atoms with Crippen molar-refractivity contribution in [2.75, 3.05) is 31.7 Å². The molecule has 5 N–H and O–H groups in total. The number of amides is 1.